The van der Waals surface area contributed by atoms with Crippen LogP contribution in [0.1, 0.15) is 181 Å². The Hall–Kier alpha value is -1.74. The Bertz CT molecular complexity index is 874. The van der Waals surface area contributed by atoms with Gasteiger partial charge in [-0.2, -0.15) is 0 Å². The zero-order valence-corrected chi connectivity index (χ0v) is 32.0. The van der Waals surface area contributed by atoms with Crippen molar-refractivity contribution in [1.29, 1.82) is 0 Å². The third kappa shape index (κ3) is 24.4. The lowest BCUT2D eigenvalue weighted by atomic mass is 9.89. The Morgan fingerprint density at radius 1 is 0.700 bits per heavy atom. The first-order chi connectivity index (χ1) is 24.3. The maximum atomic E-state index is 12.2. The normalized spacial score (nSPS) is 20.5. The smallest absolute Gasteiger partial charge is 0.306 e. The standard InChI is InChI=1S/C42H76O8/c1-3-5-7-8-9-10-11-12-13-14-15-16-17-18-19-25-29-42(48)50-36(33-43)34-49-41(47)28-24-21-20-23-27-37-38(40(46)32-39(37)45)31-30-35(44)26-22-6-4-2/h20,23,30-31,35-40,43-46H,3-19,21-22,24-29,32-34H2,1-2H3/b23-20+,31-30+/t35-,36-,37+,38+,39-,40+/m0/s1. The summed E-state index contributed by atoms with van der Waals surface area (Å²) in [6.07, 6.45) is 31.9. The summed E-state index contributed by atoms with van der Waals surface area (Å²) in [5, 5.41) is 40.7. The van der Waals surface area contributed by atoms with Crippen molar-refractivity contribution in [2.75, 3.05) is 13.2 Å². The fourth-order valence-corrected chi connectivity index (χ4v) is 6.84. The van der Waals surface area contributed by atoms with Crippen molar-refractivity contribution in [3.05, 3.63) is 24.3 Å². The number of hydrogen-bond acceptors (Lipinski definition) is 8. The van der Waals surface area contributed by atoms with Gasteiger partial charge in [0, 0.05) is 25.2 Å². The molecule has 8 nitrogen and oxygen atoms in total. The number of aliphatic hydroxyl groups is 4. The van der Waals surface area contributed by atoms with Crippen LogP contribution in [0.5, 0.6) is 0 Å². The van der Waals surface area contributed by atoms with E-state index in [4.69, 9.17) is 9.47 Å². The Labute approximate surface area is 305 Å². The minimum atomic E-state index is -0.847. The molecule has 1 saturated carbocycles. The van der Waals surface area contributed by atoms with Crippen LogP contribution in [0.3, 0.4) is 0 Å². The second kappa shape index (κ2) is 32.0. The van der Waals surface area contributed by atoms with Crippen LogP contribution in [0.15, 0.2) is 24.3 Å². The van der Waals surface area contributed by atoms with Crippen LogP contribution < -0.4 is 0 Å². The summed E-state index contributed by atoms with van der Waals surface area (Å²) in [6.45, 7) is 3.84. The van der Waals surface area contributed by atoms with E-state index in [0.717, 1.165) is 38.5 Å². The minimum Gasteiger partial charge on any atom is -0.462 e. The number of carbonyl (C=O) groups excluding carboxylic acids is 2. The summed E-state index contributed by atoms with van der Waals surface area (Å²) in [6, 6.07) is 0. The van der Waals surface area contributed by atoms with Crippen molar-refractivity contribution < 1.29 is 39.5 Å². The molecular formula is C42H76O8. The first kappa shape index (κ1) is 46.3. The molecule has 0 heterocycles. The highest BCUT2D eigenvalue weighted by Crippen LogP contribution is 2.36. The number of esters is 2. The molecule has 0 aromatic rings. The Morgan fingerprint density at radius 3 is 1.82 bits per heavy atom. The molecule has 50 heavy (non-hydrogen) atoms. The second-order valence-electron chi connectivity index (χ2n) is 14.7. The summed E-state index contributed by atoms with van der Waals surface area (Å²) in [5.41, 5.74) is 0. The predicted octanol–water partition coefficient (Wildman–Crippen LogP) is 9.06. The molecule has 0 saturated heterocycles. The van der Waals surface area contributed by atoms with Crippen molar-refractivity contribution in [3.63, 3.8) is 0 Å². The van der Waals surface area contributed by atoms with E-state index in [0.29, 0.717) is 38.5 Å². The number of hydrogen-bond donors (Lipinski definition) is 4. The van der Waals surface area contributed by atoms with E-state index in [2.05, 4.69) is 13.8 Å². The van der Waals surface area contributed by atoms with E-state index >= 15 is 0 Å². The van der Waals surface area contributed by atoms with E-state index in [1.807, 2.05) is 18.2 Å². The second-order valence-corrected chi connectivity index (χ2v) is 14.7. The van der Waals surface area contributed by atoms with E-state index < -0.39 is 37.0 Å². The molecule has 6 atom stereocenters. The molecule has 1 aliphatic rings. The molecule has 0 radical (unpaired) electrons. The molecular weight excluding hydrogens is 632 g/mol. The number of ether oxygens (including phenoxy) is 2. The quantitative estimate of drug-likeness (QED) is 0.0302. The molecule has 0 unspecified atom stereocenters. The van der Waals surface area contributed by atoms with Gasteiger partial charge in [-0.1, -0.05) is 154 Å². The third-order valence-electron chi connectivity index (χ3n) is 10.1. The molecule has 292 valence electrons. The van der Waals surface area contributed by atoms with Gasteiger partial charge in [0.2, 0.25) is 0 Å². The number of rotatable bonds is 33. The van der Waals surface area contributed by atoms with Gasteiger partial charge in [-0.25, -0.2) is 0 Å². The monoisotopic (exact) mass is 709 g/mol. The van der Waals surface area contributed by atoms with Crippen LogP contribution in [0.2, 0.25) is 0 Å². The van der Waals surface area contributed by atoms with Crippen LogP contribution >= 0.6 is 0 Å². The van der Waals surface area contributed by atoms with E-state index in [-0.39, 0.29) is 30.8 Å². The van der Waals surface area contributed by atoms with Gasteiger partial charge in [0.25, 0.3) is 0 Å². The van der Waals surface area contributed by atoms with Crippen molar-refractivity contribution in [2.24, 2.45) is 11.8 Å². The fourth-order valence-electron chi connectivity index (χ4n) is 6.84. The topological polar surface area (TPSA) is 134 Å². The largest absolute Gasteiger partial charge is 0.462 e. The predicted molar refractivity (Wildman–Crippen MR) is 203 cm³/mol. The number of allylic oxidation sites excluding steroid dienone is 2. The van der Waals surface area contributed by atoms with Crippen molar-refractivity contribution >= 4 is 11.9 Å². The number of unbranched alkanes of at least 4 members (excludes halogenated alkanes) is 18. The molecule has 0 aromatic heterocycles. The maximum absolute atomic E-state index is 12.2. The summed E-state index contributed by atoms with van der Waals surface area (Å²) < 4.78 is 10.6. The van der Waals surface area contributed by atoms with Crippen molar-refractivity contribution in [2.45, 2.75) is 205 Å². The Morgan fingerprint density at radius 2 is 1.24 bits per heavy atom. The fraction of sp³-hybridized carbons (Fsp3) is 0.857. The first-order valence-electron chi connectivity index (χ1n) is 20.7. The molecule has 1 fully saturated rings. The van der Waals surface area contributed by atoms with Gasteiger partial charge in [-0.05, 0) is 38.0 Å². The van der Waals surface area contributed by atoms with E-state index in [1.165, 1.54) is 83.5 Å². The molecule has 0 amide bonds. The highest BCUT2D eigenvalue weighted by atomic mass is 16.6. The maximum Gasteiger partial charge on any atom is 0.306 e. The van der Waals surface area contributed by atoms with Crippen molar-refractivity contribution in [3.8, 4) is 0 Å². The number of carbonyl (C=O) groups is 2. The Kier molecular flexibility index (Phi) is 29.6. The molecule has 1 aliphatic carbocycles. The van der Waals surface area contributed by atoms with Gasteiger partial charge in [-0.3, -0.25) is 9.59 Å². The summed E-state index contributed by atoms with van der Waals surface area (Å²) in [5.74, 6) is -1.08. The highest BCUT2D eigenvalue weighted by molar-refractivity contribution is 5.70. The van der Waals surface area contributed by atoms with Gasteiger partial charge in [0.1, 0.15) is 6.61 Å². The van der Waals surface area contributed by atoms with Gasteiger partial charge >= 0.3 is 11.9 Å². The van der Waals surface area contributed by atoms with Crippen LogP contribution in [0.4, 0.5) is 0 Å². The summed E-state index contributed by atoms with van der Waals surface area (Å²) in [4.78, 5) is 24.4. The highest BCUT2D eigenvalue weighted by Gasteiger charge is 2.39. The van der Waals surface area contributed by atoms with Gasteiger partial charge < -0.3 is 29.9 Å². The summed E-state index contributed by atoms with van der Waals surface area (Å²) in [7, 11) is 0. The molecule has 8 heteroatoms. The minimum absolute atomic E-state index is 0.118. The molecule has 0 aliphatic heterocycles. The van der Waals surface area contributed by atoms with Gasteiger partial charge in [-0.15, -0.1) is 0 Å². The van der Waals surface area contributed by atoms with Crippen LogP contribution in [-0.4, -0.2) is 70.0 Å². The van der Waals surface area contributed by atoms with Crippen LogP contribution in [-0.2, 0) is 19.1 Å². The lowest BCUT2D eigenvalue weighted by Crippen LogP contribution is -2.28. The van der Waals surface area contributed by atoms with E-state index in [1.54, 1.807) is 6.08 Å². The van der Waals surface area contributed by atoms with Crippen molar-refractivity contribution in [1.82, 2.24) is 0 Å². The Balaban J connectivity index is 2.09. The zero-order chi connectivity index (χ0) is 36.7. The molecule has 0 aromatic carbocycles. The third-order valence-corrected chi connectivity index (χ3v) is 10.1. The first-order valence-corrected chi connectivity index (χ1v) is 20.7. The molecule has 1 rings (SSSR count). The SMILES string of the molecule is CCCCCCCCCCCCCCCCCCC(=O)O[C@@H](CO)COC(=O)CCC/C=C/C[C@@H]1[C@@H](/C=C/[C@@H](O)CCCCC)[C@H](O)C[C@@H]1O. The van der Waals surface area contributed by atoms with Crippen LogP contribution in [0, 0.1) is 11.8 Å². The zero-order valence-electron chi connectivity index (χ0n) is 32.0. The average Bonchev–Trinajstić information content (AvgIpc) is 3.37. The molecule has 0 spiro atoms. The number of aliphatic hydroxyl groups excluding tert-OH is 4. The van der Waals surface area contributed by atoms with E-state index in [9.17, 15) is 30.0 Å². The lowest BCUT2D eigenvalue weighted by Gasteiger charge is -2.19. The van der Waals surface area contributed by atoms with Gasteiger partial charge in [0.05, 0.1) is 24.9 Å². The average molecular weight is 709 g/mol. The molecule has 0 bridgehead atoms. The van der Waals surface area contributed by atoms with Gasteiger partial charge in [0.15, 0.2) is 6.10 Å². The van der Waals surface area contributed by atoms with Crippen LogP contribution in [0.25, 0.3) is 0 Å². The lowest BCUT2D eigenvalue weighted by molar-refractivity contribution is -0.161. The molecule has 4 N–H and O–H groups in total. The summed E-state index contributed by atoms with van der Waals surface area (Å²) >= 11 is 0.